The Morgan fingerprint density at radius 1 is 1.53 bits per heavy atom. The van der Waals surface area contributed by atoms with Crippen LogP contribution in [-0.2, 0) is 0 Å². The van der Waals surface area contributed by atoms with Gasteiger partial charge in [-0.15, -0.1) is 0 Å². The molecule has 2 rings (SSSR count). The fourth-order valence-corrected chi connectivity index (χ4v) is 3.02. The number of rotatable bonds is 2. The summed E-state index contributed by atoms with van der Waals surface area (Å²) in [5.41, 5.74) is 1.15. The summed E-state index contributed by atoms with van der Waals surface area (Å²) in [6.07, 6.45) is 2.33. The van der Waals surface area contributed by atoms with E-state index in [-0.39, 0.29) is 0 Å². The van der Waals surface area contributed by atoms with E-state index in [1.807, 2.05) is 6.07 Å². The highest BCUT2D eigenvalue weighted by atomic mass is 79.9. The first kappa shape index (κ1) is 13.2. The number of anilines is 1. The minimum absolute atomic E-state index is 0.567. The number of nitrogens with zero attached hydrogens (tertiary/aromatic N) is 1. The largest absolute Gasteiger partial charge is 0.369 e. The first-order chi connectivity index (χ1) is 8.20. The lowest BCUT2D eigenvalue weighted by atomic mass is 10.2. The van der Waals surface area contributed by atoms with E-state index < -0.39 is 0 Å². The van der Waals surface area contributed by atoms with Gasteiger partial charge in [0.15, 0.2) is 0 Å². The van der Waals surface area contributed by atoms with Crippen LogP contribution in [0.1, 0.15) is 19.8 Å². The van der Waals surface area contributed by atoms with E-state index in [0.29, 0.717) is 6.04 Å². The minimum Gasteiger partial charge on any atom is -0.369 e. The molecule has 0 aliphatic carbocycles. The normalized spacial score (nSPS) is 21.4. The van der Waals surface area contributed by atoms with E-state index in [4.69, 9.17) is 11.6 Å². The molecule has 1 fully saturated rings. The maximum absolute atomic E-state index is 6.31. The second kappa shape index (κ2) is 6.07. The molecule has 0 bridgehead atoms. The zero-order valence-corrected chi connectivity index (χ0v) is 12.4. The number of benzene rings is 1. The Morgan fingerprint density at radius 3 is 3.06 bits per heavy atom. The molecule has 1 unspecified atom stereocenters. The number of hydrogen-bond donors (Lipinski definition) is 1. The monoisotopic (exact) mass is 316 g/mol. The lowest BCUT2D eigenvalue weighted by molar-refractivity contribution is 0.528. The van der Waals surface area contributed by atoms with E-state index in [1.165, 1.54) is 6.42 Å². The van der Waals surface area contributed by atoms with Gasteiger partial charge in [0, 0.05) is 23.6 Å². The Bertz CT molecular complexity index is 384. The molecule has 4 heteroatoms. The molecule has 94 valence electrons. The molecule has 1 aliphatic rings. The highest BCUT2D eigenvalue weighted by Gasteiger charge is 2.18. The number of halogens is 2. The molecule has 0 amide bonds. The van der Waals surface area contributed by atoms with Gasteiger partial charge in [-0.25, -0.2) is 0 Å². The minimum atomic E-state index is 0.567. The predicted molar refractivity (Wildman–Crippen MR) is 78.1 cm³/mol. The fraction of sp³-hybridized carbons (Fsp3) is 0.538. The van der Waals surface area contributed by atoms with Crippen molar-refractivity contribution in [2.45, 2.75) is 25.8 Å². The van der Waals surface area contributed by atoms with Crippen LogP contribution in [0.2, 0.25) is 5.02 Å². The van der Waals surface area contributed by atoms with Crippen molar-refractivity contribution in [3.05, 3.63) is 27.7 Å². The average molecular weight is 318 g/mol. The maximum Gasteiger partial charge on any atom is 0.0650 e. The lowest BCUT2D eigenvalue weighted by Crippen LogP contribution is -2.37. The predicted octanol–water partition coefficient (Wildman–Crippen LogP) is 3.68. The van der Waals surface area contributed by atoms with Crippen LogP contribution in [-0.4, -0.2) is 25.7 Å². The molecule has 0 aromatic heterocycles. The molecule has 0 radical (unpaired) electrons. The smallest absolute Gasteiger partial charge is 0.0650 e. The Morgan fingerprint density at radius 2 is 2.35 bits per heavy atom. The van der Waals surface area contributed by atoms with Crippen molar-refractivity contribution in [3.63, 3.8) is 0 Å². The van der Waals surface area contributed by atoms with Gasteiger partial charge >= 0.3 is 0 Å². The van der Waals surface area contributed by atoms with Crippen molar-refractivity contribution in [3.8, 4) is 0 Å². The third-order valence-corrected chi connectivity index (χ3v) is 4.02. The molecule has 1 aromatic carbocycles. The van der Waals surface area contributed by atoms with E-state index in [2.05, 4.69) is 45.2 Å². The van der Waals surface area contributed by atoms with E-state index >= 15 is 0 Å². The number of nitrogens with one attached hydrogen (secondary N) is 1. The standard InChI is InChI=1S/C13H18BrClN2/c1-2-11-9-17(7-3-6-16-11)13-5-4-10(14)8-12(13)15/h4-5,8,11,16H,2-3,6-7,9H2,1H3. The first-order valence-electron chi connectivity index (χ1n) is 6.14. The summed E-state index contributed by atoms with van der Waals surface area (Å²) in [5, 5.41) is 4.40. The Hall–Kier alpha value is -0.250. The summed E-state index contributed by atoms with van der Waals surface area (Å²) >= 11 is 9.76. The van der Waals surface area contributed by atoms with Crippen LogP contribution in [0.3, 0.4) is 0 Å². The highest BCUT2D eigenvalue weighted by molar-refractivity contribution is 9.10. The second-order valence-corrected chi connectivity index (χ2v) is 5.78. The van der Waals surface area contributed by atoms with Crippen LogP contribution in [0.5, 0.6) is 0 Å². The Kier molecular flexibility index (Phi) is 4.71. The molecule has 1 heterocycles. The quantitative estimate of drug-likeness (QED) is 0.895. The fourth-order valence-electron chi connectivity index (χ4n) is 2.23. The summed E-state index contributed by atoms with van der Waals surface area (Å²) in [4.78, 5) is 2.39. The molecule has 17 heavy (non-hydrogen) atoms. The third kappa shape index (κ3) is 3.36. The van der Waals surface area contributed by atoms with Crippen LogP contribution in [0, 0.1) is 0 Å². The highest BCUT2D eigenvalue weighted by Crippen LogP contribution is 2.29. The molecule has 2 nitrogen and oxygen atoms in total. The van der Waals surface area contributed by atoms with Gasteiger partial charge in [0.25, 0.3) is 0 Å². The third-order valence-electron chi connectivity index (χ3n) is 3.22. The van der Waals surface area contributed by atoms with Crippen LogP contribution in [0.4, 0.5) is 5.69 Å². The molecule has 0 saturated carbocycles. The molecule has 1 aromatic rings. The van der Waals surface area contributed by atoms with Gasteiger partial charge in [-0.1, -0.05) is 34.5 Å². The SMILES string of the molecule is CCC1CN(c2ccc(Br)cc2Cl)CCCN1. The van der Waals surface area contributed by atoms with Gasteiger partial charge in [0.05, 0.1) is 10.7 Å². The van der Waals surface area contributed by atoms with Crippen LogP contribution in [0.15, 0.2) is 22.7 Å². The molecule has 1 aliphatic heterocycles. The maximum atomic E-state index is 6.31. The second-order valence-electron chi connectivity index (χ2n) is 4.45. The molecule has 1 N–H and O–H groups in total. The average Bonchev–Trinajstić information content (AvgIpc) is 2.54. The van der Waals surface area contributed by atoms with Crippen LogP contribution < -0.4 is 10.2 Å². The lowest BCUT2D eigenvalue weighted by Gasteiger charge is -2.26. The van der Waals surface area contributed by atoms with Gasteiger partial charge in [-0.3, -0.25) is 0 Å². The molecule has 0 spiro atoms. The van der Waals surface area contributed by atoms with E-state index in [9.17, 15) is 0 Å². The van der Waals surface area contributed by atoms with Gasteiger partial charge in [0.1, 0.15) is 0 Å². The Labute approximate surface area is 116 Å². The summed E-state index contributed by atoms with van der Waals surface area (Å²) in [6, 6.07) is 6.69. The van der Waals surface area contributed by atoms with E-state index in [1.54, 1.807) is 0 Å². The summed E-state index contributed by atoms with van der Waals surface area (Å²) < 4.78 is 1.03. The number of hydrogen-bond acceptors (Lipinski definition) is 2. The Balaban J connectivity index is 2.19. The molecular weight excluding hydrogens is 300 g/mol. The van der Waals surface area contributed by atoms with E-state index in [0.717, 1.165) is 41.2 Å². The zero-order chi connectivity index (χ0) is 12.3. The van der Waals surface area contributed by atoms with Crippen molar-refractivity contribution in [1.82, 2.24) is 5.32 Å². The summed E-state index contributed by atoms with van der Waals surface area (Å²) in [7, 11) is 0. The van der Waals surface area contributed by atoms with Crippen LogP contribution >= 0.6 is 27.5 Å². The van der Waals surface area contributed by atoms with Gasteiger partial charge < -0.3 is 10.2 Å². The van der Waals surface area contributed by atoms with Crippen molar-refractivity contribution in [1.29, 1.82) is 0 Å². The van der Waals surface area contributed by atoms with Crippen molar-refractivity contribution in [2.24, 2.45) is 0 Å². The summed E-state index contributed by atoms with van der Waals surface area (Å²) in [5.74, 6) is 0. The van der Waals surface area contributed by atoms with Gasteiger partial charge in [-0.2, -0.15) is 0 Å². The zero-order valence-electron chi connectivity index (χ0n) is 10.0. The molecule has 1 saturated heterocycles. The van der Waals surface area contributed by atoms with Crippen molar-refractivity contribution < 1.29 is 0 Å². The first-order valence-corrected chi connectivity index (χ1v) is 7.31. The molecule has 1 atom stereocenters. The van der Waals surface area contributed by atoms with Crippen molar-refractivity contribution >= 4 is 33.2 Å². The van der Waals surface area contributed by atoms with Gasteiger partial charge in [0.2, 0.25) is 0 Å². The van der Waals surface area contributed by atoms with Gasteiger partial charge in [-0.05, 0) is 37.6 Å². The molecular formula is C13H18BrClN2. The van der Waals surface area contributed by atoms with Crippen LogP contribution in [0.25, 0.3) is 0 Å². The van der Waals surface area contributed by atoms with Crippen molar-refractivity contribution in [2.75, 3.05) is 24.5 Å². The topological polar surface area (TPSA) is 15.3 Å². The summed E-state index contributed by atoms with van der Waals surface area (Å²) in [6.45, 7) is 5.44.